The summed E-state index contributed by atoms with van der Waals surface area (Å²) in [7, 11) is -12.4. The zero-order valence-electron chi connectivity index (χ0n) is 9.33. The van der Waals surface area contributed by atoms with E-state index in [2.05, 4.69) is 19.7 Å². The molecule has 0 aromatic heterocycles. The van der Waals surface area contributed by atoms with Crippen LogP contribution in [0.2, 0.25) is 0 Å². The summed E-state index contributed by atoms with van der Waals surface area (Å²) >= 11 is 0. The smallest absolute Gasteiger partial charge is 0.745 e. The van der Waals surface area contributed by atoms with Gasteiger partial charge in [-0.3, -0.25) is 0 Å². The van der Waals surface area contributed by atoms with Crippen LogP contribution in [0.1, 0.15) is 0 Å². The molecule has 0 heterocycles. The molecular formula is C6H9LaO9S3. The molecule has 0 bridgehead atoms. The van der Waals surface area contributed by atoms with Crippen molar-refractivity contribution in [3.8, 4) is 0 Å². The van der Waals surface area contributed by atoms with Crippen molar-refractivity contribution in [2.45, 2.75) is 0 Å². The first kappa shape index (κ1) is 27.5. The second kappa shape index (κ2) is 11.9. The Labute approximate surface area is 139 Å². The van der Waals surface area contributed by atoms with Crippen molar-refractivity contribution in [1.82, 2.24) is 0 Å². The van der Waals surface area contributed by atoms with E-state index in [1.54, 1.807) is 0 Å². The molecule has 0 N–H and O–H groups in total. The van der Waals surface area contributed by atoms with E-state index in [1.165, 1.54) is 0 Å². The van der Waals surface area contributed by atoms with Gasteiger partial charge in [0.05, 0.1) is 0 Å². The molecule has 0 saturated heterocycles. The van der Waals surface area contributed by atoms with Gasteiger partial charge >= 0.3 is 35.6 Å². The van der Waals surface area contributed by atoms with Crippen molar-refractivity contribution in [3.63, 3.8) is 0 Å². The summed E-state index contributed by atoms with van der Waals surface area (Å²) < 4.78 is 83.9. The van der Waals surface area contributed by atoms with E-state index in [-0.39, 0.29) is 35.6 Å². The molecule has 0 aliphatic heterocycles. The van der Waals surface area contributed by atoms with Crippen molar-refractivity contribution in [2.75, 3.05) is 0 Å². The topological polar surface area (TPSA) is 172 Å². The summed E-state index contributed by atoms with van der Waals surface area (Å²) in [5.74, 6) is 0. The molecule has 19 heavy (non-hydrogen) atoms. The Bertz CT molecular complexity index is 449. The minimum absolute atomic E-state index is 0. The predicted molar refractivity (Wildman–Crippen MR) is 59.7 cm³/mol. The zero-order chi connectivity index (χ0) is 15.6. The van der Waals surface area contributed by atoms with E-state index in [0.717, 1.165) is 0 Å². The Kier molecular flexibility index (Phi) is 17.3. The summed E-state index contributed by atoms with van der Waals surface area (Å²) in [6, 6.07) is 0. The molecule has 0 saturated carbocycles. The maximum Gasteiger partial charge on any atom is 3.00 e. The van der Waals surface area contributed by atoms with E-state index < -0.39 is 30.4 Å². The molecule has 0 aliphatic carbocycles. The Morgan fingerprint density at radius 2 is 0.632 bits per heavy atom. The molecule has 9 nitrogen and oxygen atoms in total. The Hall–Kier alpha value is 0.145. The van der Waals surface area contributed by atoms with Crippen molar-refractivity contribution in [3.05, 3.63) is 36.0 Å². The first-order chi connectivity index (χ1) is 7.68. The molecule has 108 valence electrons. The Morgan fingerprint density at radius 1 is 0.579 bits per heavy atom. The fourth-order valence-corrected chi connectivity index (χ4v) is 0. The minimum Gasteiger partial charge on any atom is -0.745 e. The van der Waals surface area contributed by atoms with Crippen LogP contribution in [0.3, 0.4) is 0 Å². The van der Waals surface area contributed by atoms with Crippen molar-refractivity contribution >= 4 is 30.4 Å². The van der Waals surface area contributed by atoms with E-state index in [4.69, 9.17) is 0 Å². The summed E-state index contributed by atoms with van der Waals surface area (Å²) in [5, 5.41) is 1.06. The average Bonchev–Trinajstić information content (AvgIpc) is 2.16. The first-order valence-electron chi connectivity index (χ1n) is 3.43. The van der Waals surface area contributed by atoms with Gasteiger partial charge in [-0.2, -0.15) is 0 Å². The molecule has 0 amide bonds. The maximum atomic E-state index is 9.33. The van der Waals surface area contributed by atoms with E-state index in [0.29, 0.717) is 16.2 Å². The molecule has 0 radical (unpaired) electrons. The van der Waals surface area contributed by atoms with Crippen LogP contribution in [-0.2, 0) is 30.4 Å². The molecule has 0 aliphatic rings. The number of rotatable bonds is 3. The molecule has 0 unspecified atom stereocenters. The van der Waals surface area contributed by atoms with Gasteiger partial charge in [-0.05, 0) is 0 Å². The van der Waals surface area contributed by atoms with Crippen LogP contribution < -0.4 is 0 Å². The minimum atomic E-state index is -4.15. The maximum absolute atomic E-state index is 9.33. The van der Waals surface area contributed by atoms with Gasteiger partial charge in [-0.15, -0.1) is 0 Å². The zero-order valence-corrected chi connectivity index (χ0v) is 15.4. The van der Waals surface area contributed by atoms with Crippen molar-refractivity contribution < 1.29 is 74.5 Å². The summed E-state index contributed by atoms with van der Waals surface area (Å²) in [5.41, 5.74) is 0. The Balaban J connectivity index is -0.0000000865. The quantitative estimate of drug-likeness (QED) is 0.480. The normalized spacial score (nSPS) is 10.3. The van der Waals surface area contributed by atoms with Gasteiger partial charge in [0.25, 0.3) is 0 Å². The van der Waals surface area contributed by atoms with Gasteiger partial charge in [-0.1, -0.05) is 19.7 Å². The summed E-state index contributed by atoms with van der Waals surface area (Å²) in [6.45, 7) is 8.19. The molecule has 0 aromatic carbocycles. The van der Waals surface area contributed by atoms with Gasteiger partial charge in [0.1, 0.15) is 30.4 Å². The van der Waals surface area contributed by atoms with Gasteiger partial charge in [-0.25, -0.2) is 25.3 Å². The standard InChI is InChI=1S/3C2H4O3S.La/c3*1-2-6(3,4)5;/h3*2H,1H2,(H,3,4,5);/q;;;+3/p-3. The molecule has 0 atom stereocenters. The van der Waals surface area contributed by atoms with Crippen molar-refractivity contribution in [2.24, 2.45) is 0 Å². The largest absolute Gasteiger partial charge is 3.00 e. The van der Waals surface area contributed by atoms with Gasteiger partial charge in [0.15, 0.2) is 0 Å². The predicted octanol–water partition coefficient (Wildman–Crippen LogP) is -0.975. The molecule has 0 spiro atoms. The Morgan fingerprint density at radius 3 is 0.632 bits per heavy atom. The van der Waals surface area contributed by atoms with E-state index in [1.807, 2.05) is 0 Å². The molecular weight excluding hydrogens is 451 g/mol. The van der Waals surface area contributed by atoms with Crippen LogP contribution in [-0.4, -0.2) is 38.9 Å². The second-order valence-electron chi connectivity index (χ2n) is 1.98. The fourth-order valence-electron chi connectivity index (χ4n) is 0. The molecule has 0 rings (SSSR count). The second-order valence-corrected chi connectivity index (χ2v) is 5.94. The van der Waals surface area contributed by atoms with Crippen LogP contribution in [0.5, 0.6) is 0 Å². The van der Waals surface area contributed by atoms with Crippen LogP contribution in [0.15, 0.2) is 36.0 Å². The van der Waals surface area contributed by atoms with Crippen LogP contribution in [0, 0.1) is 35.6 Å². The molecule has 0 fully saturated rings. The molecule has 13 heteroatoms. The van der Waals surface area contributed by atoms with Crippen molar-refractivity contribution in [1.29, 1.82) is 0 Å². The van der Waals surface area contributed by atoms with Crippen LogP contribution >= 0.6 is 0 Å². The van der Waals surface area contributed by atoms with Gasteiger partial charge in [0, 0.05) is 16.2 Å². The third-order valence-corrected chi connectivity index (χ3v) is 1.84. The first-order valence-corrected chi connectivity index (χ1v) is 7.85. The number of hydrogen-bond donors (Lipinski definition) is 0. The van der Waals surface area contributed by atoms with E-state index in [9.17, 15) is 38.9 Å². The van der Waals surface area contributed by atoms with Crippen LogP contribution in [0.25, 0.3) is 0 Å². The van der Waals surface area contributed by atoms with Gasteiger partial charge in [0.2, 0.25) is 0 Å². The fraction of sp³-hybridized carbons (Fsp3) is 0. The van der Waals surface area contributed by atoms with E-state index >= 15 is 0 Å². The third kappa shape index (κ3) is 56.6. The van der Waals surface area contributed by atoms with Crippen LogP contribution in [0.4, 0.5) is 0 Å². The number of hydrogen-bond acceptors (Lipinski definition) is 9. The average molecular weight is 460 g/mol. The summed E-state index contributed by atoms with van der Waals surface area (Å²) in [6.07, 6.45) is 0. The van der Waals surface area contributed by atoms with Gasteiger partial charge < -0.3 is 13.7 Å². The summed E-state index contributed by atoms with van der Waals surface area (Å²) in [4.78, 5) is 0. The monoisotopic (exact) mass is 460 g/mol. The third-order valence-electron chi connectivity index (χ3n) is 0.612. The molecule has 0 aromatic rings. The SMILES string of the molecule is C=CS(=O)(=O)[O-].C=CS(=O)(=O)[O-].C=CS(=O)(=O)[O-].[La+3].